The van der Waals surface area contributed by atoms with Gasteiger partial charge in [-0.25, -0.2) is 0 Å². The van der Waals surface area contributed by atoms with Crippen LogP contribution in [0.25, 0.3) is 0 Å². The van der Waals surface area contributed by atoms with Gasteiger partial charge in [-0.2, -0.15) is 13.2 Å². The van der Waals surface area contributed by atoms with Gasteiger partial charge in [0.2, 0.25) is 0 Å². The molecule has 0 fully saturated rings. The zero-order valence-corrected chi connectivity index (χ0v) is 9.46. The fourth-order valence-electron chi connectivity index (χ4n) is 1.79. The normalized spacial score (nSPS) is 21.2. The second-order valence-electron chi connectivity index (χ2n) is 4.36. The maximum absolute atomic E-state index is 12.3. The van der Waals surface area contributed by atoms with Crippen LogP contribution in [-0.2, 0) is 6.18 Å². The number of aromatic nitrogens is 1. The summed E-state index contributed by atoms with van der Waals surface area (Å²) in [5.41, 5.74) is 0.709. The van der Waals surface area contributed by atoms with Gasteiger partial charge < -0.3 is 0 Å². The number of alkyl halides is 3. The standard InChI is InChI=1S/C12H13F3N2/c1-8-2-4-10(16-6-8)9-3-5-11(17-7-9)12(13,14)15/h3,5,7-8H,2,4,6H2,1H3. The van der Waals surface area contributed by atoms with E-state index in [-0.39, 0.29) is 0 Å². The third kappa shape index (κ3) is 2.84. The molecule has 1 aromatic heterocycles. The average Bonchev–Trinajstić information content (AvgIpc) is 2.29. The fourth-order valence-corrected chi connectivity index (χ4v) is 1.79. The van der Waals surface area contributed by atoms with Crippen LogP contribution in [0.4, 0.5) is 13.2 Å². The van der Waals surface area contributed by atoms with Gasteiger partial charge in [0.25, 0.3) is 0 Å². The van der Waals surface area contributed by atoms with Crippen LogP contribution in [0.3, 0.4) is 0 Å². The van der Waals surface area contributed by atoms with E-state index < -0.39 is 11.9 Å². The van der Waals surface area contributed by atoms with Crippen LogP contribution in [-0.4, -0.2) is 17.2 Å². The molecule has 0 radical (unpaired) electrons. The molecular formula is C12H13F3N2. The maximum Gasteiger partial charge on any atom is 0.433 e. The molecule has 5 heteroatoms. The molecular weight excluding hydrogens is 229 g/mol. The Bertz CT molecular complexity index is 420. The summed E-state index contributed by atoms with van der Waals surface area (Å²) in [6.45, 7) is 2.86. The van der Waals surface area contributed by atoms with E-state index in [0.717, 1.165) is 31.2 Å². The second-order valence-corrected chi connectivity index (χ2v) is 4.36. The van der Waals surface area contributed by atoms with Crippen molar-refractivity contribution in [3.8, 4) is 0 Å². The molecule has 1 aromatic rings. The summed E-state index contributed by atoms with van der Waals surface area (Å²) in [6, 6.07) is 2.46. The Kier molecular flexibility index (Phi) is 3.17. The smallest absolute Gasteiger partial charge is 0.289 e. The Morgan fingerprint density at radius 1 is 1.29 bits per heavy atom. The fraction of sp³-hybridized carbons (Fsp3) is 0.500. The van der Waals surface area contributed by atoms with Crippen molar-refractivity contribution in [3.05, 3.63) is 29.6 Å². The first-order chi connectivity index (χ1) is 7.97. The molecule has 0 amide bonds. The molecule has 92 valence electrons. The lowest BCUT2D eigenvalue weighted by molar-refractivity contribution is -0.141. The number of aliphatic imine (C=N–C) groups is 1. The van der Waals surface area contributed by atoms with Crippen LogP contribution in [0, 0.1) is 5.92 Å². The van der Waals surface area contributed by atoms with E-state index in [1.807, 2.05) is 0 Å². The van der Waals surface area contributed by atoms with Crippen LogP contribution in [0.5, 0.6) is 0 Å². The minimum Gasteiger partial charge on any atom is -0.289 e. The van der Waals surface area contributed by atoms with Crippen LogP contribution < -0.4 is 0 Å². The highest BCUT2D eigenvalue weighted by molar-refractivity contribution is 6.00. The minimum atomic E-state index is -4.37. The molecule has 0 saturated heterocycles. The summed E-state index contributed by atoms with van der Waals surface area (Å²) in [5.74, 6) is 0.557. The lowest BCUT2D eigenvalue weighted by atomic mass is 9.96. The Morgan fingerprint density at radius 3 is 2.53 bits per heavy atom. The van der Waals surface area contributed by atoms with E-state index in [0.29, 0.717) is 11.5 Å². The molecule has 1 unspecified atom stereocenters. The lowest BCUT2D eigenvalue weighted by Gasteiger charge is -2.17. The molecule has 0 aromatic carbocycles. The van der Waals surface area contributed by atoms with Gasteiger partial charge in [-0.1, -0.05) is 6.92 Å². The van der Waals surface area contributed by atoms with Gasteiger partial charge in [0.1, 0.15) is 5.69 Å². The Balaban J connectivity index is 2.19. The molecule has 1 aliphatic rings. The van der Waals surface area contributed by atoms with Crippen LogP contribution in [0.1, 0.15) is 31.0 Å². The summed E-state index contributed by atoms with van der Waals surface area (Å²) in [4.78, 5) is 7.81. The second kappa shape index (κ2) is 4.47. The first-order valence-corrected chi connectivity index (χ1v) is 5.54. The monoisotopic (exact) mass is 242 g/mol. The number of rotatable bonds is 1. The topological polar surface area (TPSA) is 25.2 Å². The average molecular weight is 242 g/mol. The van der Waals surface area contributed by atoms with Crippen LogP contribution in [0.2, 0.25) is 0 Å². The predicted molar refractivity (Wildman–Crippen MR) is 59.0 cm³/mol. The molecule has 0 spiro atoms. The van der Waals surface area contributed by atoms with Gasteiger partial charge in [0.05, 0.1) is 0 Å². The molecule has 2 nitrogen and oxygen atoms in total. The summed E-state index contributed by atoms with van der Waals surface area (Å²) < 4.78 is 37.0. The highest BCUT2D eigenvalue weighted by atomic mass is 19.4. The SMILES string of the molecule is CC1CCC(c2ccc(C(F)(F)F)nc2)=NC1. The molecule has 1 aliphatic heterocycles. The van der Waals surface area contributed by atoms with E-state index in [4.69, 9.17) is 0 Å². The van der Waals surface area contributed by atoms with Crippen molar-refractivity contribution < 1.29 is 13.2 Å². The summed E-state index contributed by atoms with van der Waals surface area (Å²) in [6.07, 6.45) is -1.27. The first kappa shape index (κ1) is 12.1. The molecule has 0 aliphatic carbocycles. The van der Waals surface area contributed by atoms with Gasteiger partial charge in [0, 0.05) is 24.0 Å². The summed E-state index contributed by atoms with van der Waals surface area (Å²) in [7, 11) is 0. The van der Waals surface area contributed by atoms with E-state index >= 15 is 0 Å². The van der Waals surface area contributed by atoms with Crippen molar-refractivity contribution in [1.29, 1.82) is 0 Å². The largest absolute Gasteiger partial charge is 0.433 e. The third-order valence-corrected chi connectivity index (χ3v) is 2.85. The Morgan fingerprint density at radius 2 is 2.06 bits per heavy atom. The number of hydrogen-bond donors (Lipinski definition) is 0. The highest BCUT2D eigenvalue weighted by Gasteiger charge is 2.32. The van der Waals surface area contributed by atoms with Crippen molar-refractivity contribution in [3.63, 3.8) is 0 Å². The van der Waals surface area contributed by atoms with Gasteiger partial charge in [-0.3, -0.25) is 9.98 Å². The molecule has 2 rings (SSSR count). The summed E-state index contributed by atoms with van der Waals surface area (Å²) >= 11 is 0. The van der Waals surface area contributed by atoms with Gasteiger partial charge >= 0.3 is 6.18 Å². The van der Waals surface area contributed by atoms with Crippen LogP contribution in [0.15, 0.2) is 23.3 Å². The van der Waals surface area contributed by atoms with Gasteiger partial charge in [0.15, 0.2) is 0 Å². The zero-order chi connectivity index (χ0) is 12.5. The lowest BCUT2D eigenvalue weighted by Crippen LogP contribution is -2.15. The van der Waals surface area contributed by atoms with E-state index in [1.54, 1.807) is 0 Å². The minimum absolute atomic E-state index is 0.557. The quantitative estimate of drug-likeness (QED) is 0.741. The number of pyridine rings is 1. The molecule has 0 N–H and O–H groups in total. The van der Waals surface area contributed by atoms with Gasteiger partial charge in [-0.05, 0) is 30.9 Å². The number of hydrogen-bond acceptors (Lipinski definition) is 2. The zero-order valence-electron chi connectivity index (χ0n) is 9.46. The molecule has 0 bridgehead atoms. The number of halogens is 3. The van der Waals surface area contributed by atoms with Gasteiger partial charge in [-0.15, -0.1) is 0 Å². The van der Waals surface area contributed by atoms with E-state index in [1.165, 1.54) is 12.3 Å². The van der Waals surface area contributed by atoms with Crippen molar-refractivity contribution in [1.82, 2.24) is 4.98 Å². The molecule has 1 atom stereocenters. The maximum atomic E-state index is 12.3. The molecule has 0 saturated carbocycles. The highest BCUT2D eigenvalue weighted by Crippen LogP contribution is 2.27. The Hall–Kier alpha value is -1.39. The van der Waals surface area contributed by atoms with Crippen molar-refractivity contribution in [2.45, 2.75) is 25.9 Å². The van der Waals surface area contributed by atoms with E-state index in [9.17, 15) is 13.2 Å². The van der Waals surface area contributed by atoms with Crippen molar-refractivity contribution >= 4 is 5.71 Å². The van der Waals surface area contributed by atoms with Crippen molar-refractivity contribution in [2.75, 3.05) is 6.54 Å². The molecule has 17 heavy (non-hydrogen) atoms. The van der Waals surface area contributed by atoms with Crippen LogP contribution >= 0.6 is 0 Å². The first-order valence-electron chi connectivity index (χ1n) is 5.54. The third-order valence-electron chi connectivity index (χ3n) is 2.85. The number of nitrogens with zero attached hydrogens (tertiary/aromatic N) is 2. The predicted octanol–water partition coefficient (Wildman–Crippen LogP) is 3.32. The Labute approximate surface area is 97.6 Å². The van der Waals surface area contributed by atoms with Crippen molar-refractivity contribution in [2.24, 2.45) is 10.9 Å². The molecule has 2 heterocycles. The van der Waals surface area contributed by atoms with E-state index in [2.05, 4.69) is 16.9 Å². The summed E-state index contributed by atoms with van der Waals surface area (Å²) in [5, 5.41) is 0.